The molecule has 1 unspecified atom stereocenters. The van der Waals surface area contributed by atoms with Crippen molar-refractivity contribution in [1.82, 2.24) is 5.32 Å². The first-order chi connectivity index (χ1) is 10.2. The largest absolute Gasteiger partial charge is 0.378 e. The number of benzene rings is 2. The minimum atomic E-state index is 0.388. The van der Waals surface area contributed by atoms with Gasteiger partial charge < -0.3 is 10.6 Å². The second-order valence-corrected chi connectivity index (χ2v) is 6.14. The zero-order valence-corrected chi connectivity index (χ0v) is 12.9. The lowest BCUT2D eigenvalue weighted by Crippen LogP contribution is -2.15. The van der Waals surface area contributed by atoms with Crippen molar-refractivity contribution in [2.45, 2.75) is 38.8 Å². The molecule has 3 rings (SSSR count). The SMILES string of the molecule is CC(C)c1cccc(NC2CCNCc3ccccc32)c1. The van der Waals surface area contributed by atoms with E-state index in [1.165, 1.54) is 22.4 Å². The number of fused-ring (bicyclic) bond motifs is 1. The van der Waals surface area contributed by atoms with Gasteiger partial charge in [0.05, 0.1) is 6.04 Å². The fourth-order valence-corrected chi connectivity index (χ4v) is 3.00. The van der Waals surface area contributed by atoms with Gasteiger partial charge in [0.15, 0.2) is 0 Å². The lowest BCUT2D eigenvalue weighted by molar-refractivity contribution is 0.637. The molecule has 0 bridgehead atoms. The standard InChI is InChI=1S/C19H24N2/c1-14(2)15-7-5-8-17(12-15)21-19-10-11-20-13-16-6-3-4-9-18(16)19/h3-9,12,14,19-21H,10-11,13H2,1-2H3. The Balaban J connectivity index is 1.86. The van der Waals surface area contributed by atoms with Crippen LogP contribution in [0.3, 0.4) is 0 Å². The maximum absolute atomic E-state index is 3.73. The molecule has 2 N–H and O–H groups in total. The van der Waals surface area contributed by atoms with Crippen molar-refractivity contribution in [3.05, 3.63) is 65.2 Å². The van der Waals surface area contributed by atoms with Gasteiger partial charge in [-0.1, -0.05) is 50.2 Å². The molecule has 1 aliphatic heterocycles. The lowest BCUT2D eigenvalue weighted by Gasteiger charge is -2.21. The molecule has 0 amide bonds. The van der Waals surface area contributed by atoms with E-state index in [4.69, 9.17) is 0 Å². The molecular formula is C19H24N2. The van der Waals surface area contributed by atoms with Crippen molar-refractivity contribution >= 4 is 5.69 Å². The van der Waals surface area contributed by atoms with Crippen LogP contribution in [0.2, 0.25) is 0 Å². The molecule has 1 atom stereocenters. The Labute approximate surface area is 127 Å². The third-order valence-electron chi connectivity index (χ3n) is 4.25. The van der Waals surface area contributed by atoms with Crippen molar-refractivity contribution in [3.8, 4) is 0 Å². The molecule has 2 aromatic rings. The number of hydrogen-bond donors (Lipinski definition) is 2. The van der Waals surface area contributed by atoms with E-state index in [0.717, 1.165) is 19.5 Å². The van der Waals surface area contributed by atoms with E-state index in [0.29, 0.717) is 12.0 Å². The highest BCUT2D eigenvalue weighted by Gasteiger charge is 2.17. The summed E-state index contributed by atoms with van der Waals surface area (Å²) in [5.41, 5.74) is 5.45. The number of anilines is 1. The summed E-state index contributed by atoms with van der Waals surface area (Å²) in [7, 11) is 0. The molecule has 0 aromatic heterocycles. The highest BCUT2D eigenvalue weighted by Crippen LogP contribution is 2.28. The molecular weight excluding hydrogens is 256 g/mol. The minimum Gasteiger partial charge on any atom is -0.378 e. The fourth-order valence-electron chi connectivity index (χ4n) is 3.00. The smallest absolute Gasteiger partial charge is 0.0529 e. The van der Waals surface area contributed by atoms with Crippen LogP contribution < -0.4 is 10.6 Å². The van der Waals surface area contributed by atoms with Gasteiger partial charge in [-0.3, -0.25) is 0 Å². The van der Waals surface area contributed by atoms with E-state index < -0.39 is 0 Å². The molecule has 0 saturated carbocycles. The lowest BCUT2D eigenvalue weighted by atomic mass is 9.98. The van der Waals surface area contributed by atoms with Crippen LogP contribution in [0.15, 0.2) is 48.5 Å². The number of nitrogens with one attached hydrogen (secondary N) is 2. The van der Waals surface area contributed by atoms with Gasteiger partial charge in [0.25, 0.3) is 0 Å². The van der Waals surface area contributed by atoms with Crippen LogP contribution in [0.4, 0.5) is 5.69 Å². The van der Waals surface area contributed by atoms with Gasteiger partial charge in [0, 0.05) is 12.2 Å². The van der Waals surface area contributed by atoms with Crippen LogP contribution in [0.5, 0.6) is 0 Å². The van der Waals surface area contributed by atoms with Gasteiger partial charge in [0.2, 0.25) is 0 Å². The summed E-state index contributed by atoms with van der Waals surface area (Å²) in [4.78, 5) is 0. The Morgan fingerprint density at radius 2 is 1.95 bits per heavy atom. The predicted octanol–water partition coefficient (Wildman–Crippen LogP) is 4.46. The molecule has 2 heteroatoms. The maximum atomic E-state index is 3.73. The van der Waals surface area contributed by atoms with Crippen LogP contribution in [0, 0.1) is 0 Å². The summed E-state index contributed by atoms with van der Waals surface area (Å²) in [5.74, 6) is 0.565. The zero-order valence-electron chi connectivity index (χ0n) is 12.9. The van der Waals surface area contributed by atoms with Crippen molar-refractivity contribution in [2.24, 2.45) is 0 Å². The second kappa shape index (κ2) is 6.31. The van der Waals surface area contributed by atoms with E-state index in [1.807, 2.05) is 0 Å². The van der Waals surface area contributed by atoms with E-state index >= 15 is 0 Å². The monoisotopic (exact) mass is 280 g/mol. The molecule has 1 heterocycles. The van der Waals surface area contributed by atoms with Crippen molar-refractivity contribution in [3.63, 3.8) is 0 Å². The van der Waals surface area contributed by atoms with E-state index in [2.05, 4.69) is 73.0 Å². The van der Waals surface area contributed by atoms with E-state index in [-0.39, 0.29) is 0 Å². The van der Waals surface area contributed by atoms with Crippen LogP contribution in [-0.2, 0) is 6.54 Å². The summed E-state index contributed by atoms with van der Waals surface area (Å²) in [6.45, 7) is 6.50. The van der Waals surface area contributed by atoms with Crippen molar-refractivity contribution in [2.75, 3.05) is 11.9 Å². The highest BCUT2D eigenvalue weighted by atomic mass is 14.9. The highest BCUT2D eigenvalue weighted by molar-refractivity contribution is 5.49. The third-order valence-corrected chi connectivity index (χ3v) is 4.25. The second-order valence-electron chi connectivity index (χ2n) is 6.14. The van der Waals surface area contributed by atoms with Gasteiger partial charge >= 0.3 is 0 Å². The number of rotatable bonds is 3. The first-order valence-electron chi connectivity index (χ1n) is 7.89. The first kappa shape index (κ1) is 14.2. The summed E-state index contributed by atoms with van der Waals surface area (Å²) >= 11 is 0. The quantitative estimate of drug-likeness (QED) is 0.867. The van der Waals surface area contributed by atoms with E-state index in [9.17, 15) is 0 Å². The fraction of sp³-hybridized carbons (Fsp3) is 0.368. The molecule has 110 valence electrons. The Hall–Kier alpha value is -1.80. The normalized spacial score (nSPS) is 18.1. The topological polar surface area (TPSA) is 24.1 Å². The van der Waals surface area contributed by atoms with Gasteiger partial charge in [0.1, 0.15) is 0 Å². The molecule has 2 aromatic carbocycles. The molecule has 0 aliphatic carbocycles. The maximum Gasteiger partial charge on any atom is 0.0529 e. The molecule has 1 aliphatic rings. The predicted molar refractivity (Wildman–Crippen MR) is 89.7 cm³/mol. The van der Waals surface area contributed by atoms with Gasteiger partial charge in [-0.15, -0.1) is 0 Å². The average Bonchev–Trinajstić information content (AvgIpc) is 2.70. The molecule has 0 saturated heterocycles. The Kier molecular flexibility index (Phi) is 4.26. The molecule has 0 radical (unpaired) electrons. The van der Waals surface area contributed by atoms with Crippen LogP contribution in [-0.4, -0.2) is 6.54 Å². The van der Waals surface area contributed by atoms with Crippen molar-refractivity contribution < 1.29 is 0 Å². The molecule has 0 spiro atoms. The Bertz CT molecular complexity index is 604. The summed E-state index contributed by atoms with van der Waals surface area (Å²) in [5, 5.41) is 7.24. The molecule has 0 fully saturated rings. The Morgan fingerprint density at radius 3 is 2.81 bits per heavy atom. The summed E-state index contributed by atoms with van der Waals surface area (Å²) in [6, 6.07) is 18.0. The minimum absolute atomic E-state index is 0.388. The zero-order chi connectivity index (χ0) is 14.7. The molecule has 21 heavy (non-hydrogen) atoms. The molecule has 2 nitrogen and oxygen atoms in total. The third kappa shape index (κ3) is 3.27. The van der Waals surface area contributed by atoms with Gasteiger partial charge in [-0.05, 0) is 47.7 Å². The summed E-state index contributed by atoms with van der Waals surface area (Å²) < 4.78 is 0. The first-order valence-corrected chi connectivity index (χ1v) is 7.89. The van der Waals surface area contributed by atoms with Crippen LogP contribution in [0.25, 0.3) is 0 Å². The van der Waals surface area contributed by atoms with Gasteiger partial charge in [-0.2, -0.15) is 0 Å². The average molecular weight is 280 g/mol. The van der Waals surface area contributed by atoms with Gasteiger partial charge in [-0.25, -0.2) is 0 Å². The summed E-state index contributed by atoms with van der Waals surface area (Å²) in [6.07, 6.45) is 1.11. The van der Waals surface area contributed by atoms with Crippen molar-refractivity contribution in [1.29, 1.82) is 0 Å². The van der Waals surface area contributed by atoms with E-state index in [1.54, 1.807) is 0 Å². The van der Waals surface area contributed by atoms with Crippen LogP contribution in [0.1, 0.15) is 48.9 Å². The van der Waals surface area contributed by atoms with Crippen LogP contribution >= 0.6 is 0 Å². The number of hydrogen-bond acceptors (Lipinski definition) is 2. The Morgan fingerprint density at radius 1 is 1.10 bits per heavy atom.